The smallest absolute Gasteiger partial charge is 0.211 e. The maximum Gasteiger partial charge on any atom is 0.240 e. The number of aryl methyl sites for hydroxylation is 1. The van der Waals surface area contributed by atoms with Crippen LogP contribution in [0.1, 0.15) is 5.56 Å². The van der Waals surface area contributed by atoms with Gasteiger partial charge in [-0.15, -0.1) is 0 Å². The van der Waals surface area contributed by atoms with Crippen molar-refractivity contribution < 1.29 is 4.79 Å². The van der Waals surface area contributed by atoms with Gasteiger partial charge >= 0.3 is 0 Å². The molecule has 0 aliphatic carbocycles. The lowest BCUT2D eigenvalue weighted by atomic mass is 10.2. The van der Waals surface area contributed by atoms with Crippen molar-refractivity contribution in [2.24, 2.45) is 9.98 Å². The molecule has 0 fully saturated rings. The predicted molar refractivity (Wildman–Crippen MR) is 51.7 cm³/mol. The summed E-state index contributed by atoms with van der Waals surface area (Å²) in [5.41, 5.74) is 2.16. The summed E-state index contributed by atoms with van der Waals surface area (Å²) in [6.45, 7) is 5.21. The number of hydrogen-bond acceptors (Lipinski definition) is 3. The second-order valence-corrected chi connectivity index (χ2v) is 2.44. The molecule has 1 rings (SSSR count). The molecule has 13 heavy (non-hydrogen) atoms. The summed E-state index contributed by atoms with van der Waals surface area (Å²) in [4.78, 5) is 17.4. The van der Waals surface area contributed by atoms with Gasteiger partial charge in [0, 0.05) is 0 Å². The van der Waals surface area contributed by atoms with Crippen LogP contribution in [0.2, 0.25) is 0 Å². The van der Waals surface area contributed by atoms with E-state index in [1.807, 2.05) is 13.0 Å². The number of aliphatic imine (C=N–C) groups is 2. The van der Waals surface area contributed by atoms with Gasteiger partial charge in [0.15, 0.2) is 0 Å². The summed E-state index contributed by atoms with van der Waals surface area (Å²) in [7, 11) is 0. The van der Waals surface area contributed by atoms with E-state index in [2.05, 4.69) is 22.4 Å². The molecule has 0 bridgehead atoms. The zero-order chi connectivity index (χ0) is 9.68. The van der Waals surface area contributed by atoms with Crippen LogP contribution < -0.4 is 0 Å². The Morgan fingerprint density at radius 2 is 2.15 bits per heavy atom. The highest BCUT2D eigenvalue weighted by atomic mass is 16.1. The molecule has 0 atom stereocenters. The maximum atomic E-state index is 10.0. The van der Waals surface area contributed by atoms with Gasteiger partial charge in [-0.05, 0) is 37.1 Å². The van der Waals surface area contributed by atoms with Gasteiger partial charge in [0.05, 0.1) is 11.4 Å². The van der Waals surface area contributed by atoms with E-state index in [9.17, 15) is 4.79 Å². The lowest BCUT2D eigenvalue weighted by Gasteiger charge is -1.97. The fourth-order valence-corrected chi connectivity index (χ4v) is 0.928. The molecule has 0 spiro atoms. The third-order valence-electron chi connectivity index (χ3n) is 1.57. The van der Waals surface area contributed by atoms with Crippen molar-refractivity contribution in [1.82, 2.24) is 0 Å². The summed E-state index contributed by atoms with van der Waals surface area (Å²) in [6, 6.07) is 5.31. The average molecular weight is 172 g/mol. The maximum absolute atomic E-state index is 10.0. The van der Waals surface area contributed by atoms with Crippen molar-refractivity contribution in [3.8, 4) is 0 Å². The van der Waals surface area contributed by atoms with Crippen LogP contribution in [0.25, 0.3) is 0 Å². The van der Waals surface area contributed by atoms with Gasteiger partial charge in [-0.1, -0.05) is 6.07 Å². The first-order valence-corrected chi connectivity index (χ1v) is 3.69. The fourth-order valence-electron chi connectivity index (χ4n) is 0.928. The molecule has 0 N–H and O–H groups in total. The highest BCUT2D eigenvalue weighted by molar-refractivity contribution is 5.63. The first kappa shape index (κ1) is 9.14. The molecule has 0 amide bonds. The Hall–Kier alpha value is -1.95. The van der Waals surface area contributed by atoms with E-state index < -0.39 is 0 Å². The summed E-state index contributed by atoms with van der Waals surface area (Å²) in [5, 5.41) is 0. The Labute approximate surface area is 76.2 Å². The summed E-state index contributed by atoms with van der Waals surface area (Å²) in [6.07, 6.45) is 1.49. The number of hydrogen-bond donors (Lipinski definition) is 0. The highest BCUT2D eigenvalue weighted by Gasteiger charge is 1.96. The normalized spacial score (nSPS) is 8.38. The quantitative estimate of drug-likeness (QED) is 0.499. The largest absolute Gasteiger partial charge is 0.240 e. The Morgan fingerprint density at radius 3 is 2.77 bits per heavy atom. The van der Waals surface area contributed by atoms with Gasteiger partial charge in [-0.25, -0.2) is 9.79 Å². The topological polar surface area (TPSA) is 41.8 Å². The average Bonchev–Trinajstić information content (AvgIpc) is 2.12. The van der Waals surface area contributed by atoms with Crippen LogP contribution in [0, 0.1) is 6.92 Å². The van der Waals surface area contributed by atoms with Crippen LogP contribution in [0.15, 0.2) is 34.8 Å². The molecule has 3 heteroatoms. The molecule has 1 aromatic rings. The van der Waals surface area contributed by atoms with Crippen molar-refractivity contribution in [3.05, 3.63) is 30.3 Å². The molecule has 0 saturated heterocycles. The third kappa shape index (κ3) is 2.24. The minimum Gasteiger partial charge on any atom is -0.211 e. The molecule has 0 saturated carbocycles. The van der Waals surface area contributed by atoms with Gasteiger partial charge in [0.2, 0.25) is 6.08 Å². The van der Waals surface area contributed by atoms with Gasteiger partial charge in [-0.2, -0.15) is 4.99 Å². The summed E-state index contributed by atoms with van der Waals surface area (Å²) in [5.74, 6) is 2.41. The van der Waals surface area contributed by atoms with Crippen molar-refractivity contribution in [2.75, 3.05) is 0 Å². The number of isocyanates is 1. The standard InChI is InChI=1S/C10H8N2O/c1-3-11-9-5-4-8(2)10(6-9)12-7-13/h4-6H,1H2,2H3. The zero-order valence-electron chi connectivity index (χ0n) is 7.24. The van der Waals surface area contributed by atoms with E-state index in [1.54, 1.807) is 12.1 Å². The van der Waals surface area contributed by atoms with Crippen LogP contribution in [0.5, 0.6) is 0 Å². The van der Waals surface area contributed by atoms with E-state index in [0.29, 0.717) is 11.4 Å². The second kappa shape index (κ2) is 4.17. The van der Waals surface area contributed by atoms with Crippen LogP contribution in [0.3, 0.4) is 0 Å². The van der Waals surface area contributed by atoms with Gasteiger partial charge in [-0.3, -0.25) is 0 Å². The molecule has 1 aromatic carbocycles. The van der Waals surface area contributed by atoms with Gasteiger partial charge in [0.25, 0.3) is 0 Å². The summed E-state index contributed by atoms with van der Waals surface area (Å²) >= 11 is 0. The SMILES string of the molecule is C=C=Nc1ccc(C)c(N=C=O)c1. The molecule has 0 unspecified atom stereocenters. The predicted octanol–water partition coefficient (Wildman–Crippen LogP) is 2.45. The molecule has 0 aromatic heterocycles. The molecular weight excluding hydrogens is 164 g/mol. The lowest BCUT2D eigenvalue weighted by molar-refractivity contribution is 0.565. The Balaban J connectivity index is 3.25. The zero-order valence-corrected chi connectivity index (χ0v) is 7.24. The monoisotopic (exact) mass is 172 g/mol. The molecule has 0 aliphatic rings. The number of rotatable bonds is 2. The molecular formula is C10H8N2O. The lowest BCUT2D eigenvalue weighted by Crippen LogP contribution is -1.73. The van der Waals surface area contributed by atoms with E-state index in [4.69, 9.17) is 0 Å². The minimum atomic E-state index is 0.575. The number of benzene rings is 1. The number of carbonyl (C=O) groups excluding carboxylic acids is 1. The van der Waals surface area contributed by atoms with E-state index in [1.165, 1.54) is 6.08 Å². The Morgan fingerprint density at radius 1 is 1.38 bits per heavy atom. The molecule has 0 aliphatic heterocycles. The second-order valence-electron chi connectivity index (χ2n) is 2.44. The van der Waals surface area contributed by atoms with Crippen LogP contribution in [0.4, 0.5) is 11.4 Å². The molecule has 3 nitrogen and oxygen atoms in total. The van der Waals surface area contributed by atoms with E-state index in [-0.39, 0.29) is 0 Å². The Bertz CT molecular complexity index is 411. The van der Waals surface area contributed by atoms with Crippen molar-refractivity contribution in [2.45, 2.75) is 6.92 Å². The fraction of sp³-hybridized carbons (Fsp3) is 0.100. The third-order valence-corrected chi connectivity index (χ3v) is 1.57. The van der Waals surface area contributed by atoms with Crippen molar-refractivity contribution in [1.29, 1.82) is 0 Å². The molecule has 0 radical (unpaired) electrons. The Kier molecular flexibility index (Phi) is 2.93. The highest BCUT2D eigenvalue weighted by Crippen LogP contribution is 2.23. The molecule has 0 heterocycles. The van der Waals surface area contributed by atoms with E-state index in [0.717, 1.165) is 5.56 Å². The van der Waals surface area contributed by atoms with Gasteiger partial charge < -0.3 is 0 Å². The van der Waals surface area contributed by atoms with Crippen LogP contribution in [-0.4, -0.2) is 11.9 Å². The van der Waals surface area contributed by atoms with Crippen molar-refractivity contribution in [3.63, 3.8) is 0 Å². The first-order chi connectivity index (χ1) is 6.27. The van der Waals surface area contributed by atoms with Gasteiger partial charge in [0.1, 0.15) is 0 Å². The van der Waals surface area contributed by atoms with E-state index >= 15 is 0 Å². The minimum absolute atomic E-state index is 0.575. The number of nitrogens with zero attached hydrogens (tertiary/aromatic N) is 2. The molecule has 64 valence electrons. The van der Waals surface area contributed by atoms with Crippen LogP contribution in [-0.2, 0) is 4.79 Å². The van der Waals surface area contributed by atoms with Crippen molar-refractivity contribution >= 4 is 23.3 Å². The van der Waals surface area contributed by atoms with Crippen LogP contribution >= 0.6 is 0 Å². The summed E-state index contributed by atoms with van der Waals surface area (Å²) < 4.78 is 0. The first-order valence-electron chi connectivity index (χ1n) is 3.69.